The van der Waals surface area contributed by atoms with Gasteiger partial charge in [-0.25, -0.2) is 0 Å². The number of carbonyl (C=O) groups excluding carboxylic acids is 1. The standard InChI is InChI=1S/C16H18N2O3/c1-12-3-5-13(6-4-12)21-10-9-18(2)16(20)14-11-17-8-7-15(14)19/h3-8,11H,9-10H2,1-2H3,(H,17,19). The number of H-pyrrole nitrogens is 1. The summed E-state index contributed by atoms with van der Waals surface area (Å²) < 4.78 is 5.57. The van der Waals surface area contributed by atoms with Gasteiger partial charge in [0.15, 0.2) is 5.43 Å². The maximum Gasteiger partial charge on any atom is 0.259 e. The fourth-order valence-corrected chi connectivity index (χ4v) is 1.83. The summed E-state index contributed by atoms with van der Waals surface area (Å²) in [4.78, 5) is 27.9. The van der Waals surface area contributed by atoms with Crippen molar-refractivity contribution in [3.8, 4) is 5.75 Å². The van der Waals surface area contributed by atoms with E-state index in [1.807, 2.05) is 31.2 Å². The minimum Gasteiger partial charge on any atom is -0.492 e. The second kappa shape index (κ2) is 6.74. The lowest BCUT2D eigenvalue weighted by molar-refractivity contribution is 0.0772. The Morgan fingerprint density at radius 3 is 2.62 bits per heavy atom. The highest BCUT2D eigenvalue weighted by molar-refractivity contribution is 5.93. The van der Waals surface area contributed by atoms with E-state index in [-0.39, 0.29) is 16.9 Å². The van der Waals surface area contributed by atoms with Crippen LogP contribution in [-0.2, 0) is 0 Å². The number of aromatic nitrogens is 1. The molecule has 0 aliphatic rings. The molecule has 1 aromatic heterocycles. The number of ether oxygens (including phenoxy) is 1. The van der Waals surface area contributed by atoms with Gasteiger partial charge in [-0.15, -0.1) is 0 Å². The van der Waals surface area contributed by atoms with Gasteiger partial charge in [0.25, 0.3) is 5.91 Å². The molecule has 0 atom stereocenters. The summed E-state index contributed by atoms with van der Waals surface area (Å²) >= 11 is 0. The Hall–Kier alpha value is -2.56. The van der Waals surface area contributed by atoms with E-state index in [4.69, 9.17) is 4.74 Å². The molecular formula is C16H18N2O3. The highest BCUT2D eigenvalue weighted by atomic mass is 16.5. The Morgan fingerprint density at radius 1 is 1.24 bits per heavy atom. The number of amides is 1. The summed E-state index contributed by atoms with van der Waals surface area (Å²) in [6.45, 7) is 2.78. The first-order valence-corrected chi connectivity index (χ1v) is 6.70. The monoisotopic (exact) mass is 286 g/mol. The van der Waals surface area contributed by atoms with Crippen LogP contribution in [-0.4, -0.2) is 36.0 Å². The maximum absolute atomic E-state index is 12.1. The second-order valence-electron chi connectivity index (χ2n) is 4.81. The fraction of sp³-hybridized carbons (Fsp3) is 0.250. The molecule has 21 heavy (non-hydrogen) atoms. The van der Waals surface area contributed by atoms with Crippen molar-refractivity contribution in [1.29, 1.82) is 0 Å². The molecule has 5 heteroatoms. The van der Waals surface area contributed by atoms with Gasteiger partial charge in [-0.2, -0.15) is 0 Å². The first kappa shape index (κ1) is 14.8. The van der Waals surface area contributed by atoms with Gasteiger partial charge in [-0.1, -0.05) is 17.7 Å². The normalized spacial score (nSPS) is 10.2. The van der Waals surface area contributed by atoms with E-state index >= 15 is 0 Å². The van der Waals surface area contributed by atoms with Gasteiger partial charge in [-0.3, -0.25) is 9.59 Å². The van der Waals surface area contributed by atoms with Gasteiger partial charge in [0.1, 0.15) is 17.9 Å². The number of aromatic amines is 1. The zero-order chi connectivity index (χ0) is 15.2. The zero-order valence-electron chi connectivity index (χ0n) is 12.1. The molecule has 2 aromatic rings. The predicted molar refractivity (Wildman–Crippen MR) is 80.7 cm³/mol. The summed E-state index contributed by atoms with van der Waals surface area (Å²) in [7, 11) is 1.65. The highest BCUT2D eigenvalue weighted by Gasteiger charge is 2.14. The molecule has 0 aliphatic heterocycles. The Kier molecular flexibility index (Phi) is 4.77. The average molecular weight is 286 g/mol. The Labute approximate surface area is 123 Å². The van der Waals surface area contributed by atoms with Crippen LogP contribution in [0.5, 0.6) is 5.75 Å². The van der Waals surface area contributed by atoms with Crippen LogP contribution in [0.3, 0.4) is 0 Å². The zero-order valence-corrected chi connectivity index (χ0v) is 12.1. The number of hydrogen-bond donors (Lipinski definition) is 1. The smallest absolute Gasteiger partial charge is 0.259 e. The van der Waals surface area contributed by atoms with Gasteiger partial charge in [0.05, 0.1) is 6.54 Å². The molecule has 0 fully saturated rings. The van der Waals surface area contributed by atoms with Gasteiger partial charge in [-0.05, 0) is 19.1 Å². The maximum atomic E-state index is 12.1. The van der Waals surface area contributed by atoms with Crippen molar-refractivity contribution in [1.82, 2.24) is 9.88 Å². The first-order valence-electron chi connectivity index (χ1n) is 6.70. The molecule has 0 saturated carbocycles. The summed E-state index contributed by atoms with van der Waals surface area (Å²) in [5.74, 6) is 0.448. The molecule has 0 unspecified atom stereocenters. The van der Waals surface area contributed by atoms with E-state index in [1.165, 1.54) is 23.4 Å². The highest BCUT2D eigenvalue weighted by Crippen LogP contribution is 2.11. The molecule has 0 radical (unpaired) electrons. The van der Waals surface area contributed by atoms with Crippen LogP contribution in [0.15, 0.2) is 47.5 Å². The number of aryl methyl sites for hydroxylation is 1. The summed E-state index contributed by atoms with van der Waals surface area (Å²) in [6, 6.07) is 9.05. The van der Waals surface area contributed by atoms with Crippen molar-refractivity contribution in [3.05, 3.63) is 64.1 Å². The number of hydrogen-bond acceptors (Lipinski definition) is 3. The average Bonchev–Trinajstić information content (AvgIpc) is 2.49. The molecule has 5 nitrogen and oxygen atoms in total. The predicted octanol–water partition coefficient (Wildman–Crippen LogP) is 1.83. The largest absolute Gasteiger partial charge is 0.492 e. The molecule has 1 amide bonds. The van der Waals surface area contributed by atoms with E-state index in [1.54, 1.807) is 7.05 Å². The number of benzene rings is 1. The SMILES string of the molecule is Cc1ccc(OCCN(C)C(=O)c2c[nH]ccc2=O)cc1. The lowest BCUT2D eigenvalue weighted by Gasteiger charge is -2.17. The minimum atomic E-state index is -0.315. The van der Waals surface area contributed by atoms with E-state index < -0.39 is 0 Å². The molecule has 1 N–H and O–H groups in total. The van der Waals surface area contributed by atoms with E-state index in [0.29, 0.717) is 13.2 Å². The van der Waals surface area contributed by atoms with E-state index in [9.17, 15) is 9.59 Å². The third kappa shape index (κ3) is 3.95. The lowest BCUT2D eigenvalue weighted by atomic mass is 10.2. The quantitative estimate of drug-likeness (QED) is 0.912. The Morgan fingerprint density at radius 2 is 1.95 bits per heavy atom. The lowest BCUT2D eigenvalue weighted by Crippen LogP contribution is -2.33. The second-order valence-corrected chi connectivity index (χ2v) is 4.81. The van der Waals surface area contributed by atoms with Crippen molar-refractivity contribution < 1.29 is 9.53 Å². The number of rotatable bonds is 5. The Bertz CT molecular complexity index is 662. The Balaban J connectivity index is 1.88. The van der Waals surface area contributed by atoms with Crippen LogP contribution < -0.4 is 10.2 Å². The summed E-state index contributed by atoms with van der Waals surface area (Å²) in [5, 5.41) is 0. The van der Waals surface area contributed by atoms with Crippen LogP contribution in [0.25, 0.3) is 0 Å². The van der Waals surface area contributed by atoms with Gasteiger partial charge >= 0.3 is 0 Å². The van der Waals surface area contributed by atoms with Gasteiger partial charge < -0.3 is 14.6 Å². The van der Waals surface area contributed by atoms with Crippen LogP contribution in [0.2, 0.25) is 0 Å². The van der Waals surface area contributed by atoms with Gasteiger partial charge in [0, 0.05) is 25.5 Å². The molecule has 0 aliphatic carbocycles. The number of likely N-dealkylation sites (N-methyl/N-ethyl adjacent to an activating group) is 1. The topological polar surface area (TPSA) is 62.4 Å². The van der Waals surface area contributed by atoms with Gasteiger partial charge in [0.2, 0.25) is 0 Å². The molecule has 1 heterocycles. The van der Waals surface area contributed by atoms with Crippen molar-refractivity contribution in [2.45, 2.75) is 6.92 Å². The van der Waals surface area contributed by atoms with Crippen LogP contribution in [0.4, 0.5) is 0 Å². The molecule has 0 spiro atoms. The first-order chi connectivity index (χ1) is 10.1. The summed E-state index contributed by atoms with van der Waals surface area (Å²) in [6.07, 6.45) is 2.92. The number of nitrogens with one attached hydrogen (secondary N) is 1. The van der Waals surface area contributed by atoms with Crippen LogP contribution >= 0.6 is 0 Å². The fourth-order valence-electron chi connectivity index (χ4n) is 1.83. The van der Waals surface area contributed by atoms with Crippen LogP contribution in [0, 0.1) is 6.92 Å². The minimum absolute atomic E-state index is 0.135. The van der Waals surface area contributed by atoms with E-state index in [0.717, 1.165) is 11.3 Å². The van der Waals surface area contributed by atoms with E-state index in [2.05, 4.69) is 4.98 Å². The van der Waals surface area contributed by atoms with Crippen molar-refractivity contribution in [3.63, 3.8) is 0 Å². The van der Waals surface area contributed by atoms with Crippen molar-refractivity contribution >= 4 is 5.91 Å². The van der Waals surface area contributed by atoms with Crippen molar-refractivity contribution in [2.24, 2.45) is 0 Å². The molecule has 1 aromatic carbocycles. The number of nitrogens with zero attached hydrogens (tertiary/aromatic N) is 1. The number of carbonyl (C=O) groups is 1. The van der Waals surface area contributed by atoms with Crippen molar-refractivity contribution in [2.75, 3.05) is 20.2 Å². The summed E-state index contributed by atoms with van der Waals surface area (Å²) in [5.41, 5.74) is 1.01. The third-order valence-corrected chi connectivity index (χ3v) is 3.12. The molecular weight excluding hydrogens is 268 g/mol. The third-order valence-electron chi connectivity index (χ3n) is 3.12. The van der Waals surface area contributed by atoms with Crippen LogP contribution in [0.1, 0.15) is 15.9 Å². The molecule has 110 valence electrons. The number of pyridine rings is 1. The molecule has 2 rings (SSSR count). The molecule has 0 bridgehead atoms. The molecule has 0 saturated heterocycles.